The summed E-state index contributed by atoms with van der Waals surface area (Å²) in [5.74, 6) is 7.11. The van der Waals surface area contributed by atoms with Crippen LogP contribution in [0.4, 0.5) is 0 Å². The van der Waals surface area contributed by atoms with Crippen molar-refractivity contribution in [2.45, 2.75) is 228 Å². The zero-order chi connectivity index (χ0) is 64.5. The molecule has 14 heteroatoms. The first-order valence-electron chi connectivity index (χ1n) is 36.6. The van der Waals surface area contributed by atoms with Gasteiger partial charge in [-0.1, -0.05) is 118 Å². The molecule has 16 rings (SSSR count). The minimum atomic E-state index is -2.35. The third-order valence-corrected chi connectivity index (χ3v) is 27.2. The second kappa shape index (κ2) is 24.2. The van der Waals surface area contributed by atoms with Gasteiger partial charge in [-0.3, -0.25) is 14.9 Å². The average Bonchev–Trinajstić information content (AvgIpc) is 1.47. The highest BCUT2D eigenvalue weighted by molar-refractivity contribution is 6.33. The van der Waals surface area contributed by atoms with E-state index in [1.807, 2.05) is 38.2 Å². The largest absolute Gasteiger partial charge is 0.508 e. The molecule has 1 saturated heterocycles. The third-order valence-electron chi connectivity index (χ3n) is 27.2. The highest BCUT2D eigenvalue weighted by atomic mass is 16.7. The second-order valence-corrected chi connectivity index (χ2v) is 32.2. The number of aliphatic hydroxyl groups excluding tert-OH is 2. The van der Waals surface area contributed by atoms with Crippen LogP contribution in [0.1, 0.15) is 206 Å². The molecule has 4 saturated carbocycles. The van der Waals surface area contributed by atoms with Gasteiger partial charge in [-0.15, -0.1) is 5.92 Å². The highest BCUT2D eigenvalue weighted by Crippen LogP contribution is 2.69. The van der Waals surface area contributed by atoms with Gasteiger partial charge in [0.15, 0.2) is 11.4 Å². The van der Waals surface area contributed by atoms with Crippen molar-refractivity contribution in [2.24, 2.45) is 63.9 Å². The fraction of sp³-hybridized carbons (Fsp3) is 0.613. The summed E-state index contributed by atoms with van der Waals surface area (Å²) in [5, 5.41) is 55.9. The Morgan fingerprint density at radius 2 is 1.76 bits per heavy atom. The molecule has 14 nitrogen and oxygen atoms in total. The number of ether oxygens (including phenoxy) is 2. The van der Waals surface area contributed by atoms with Crippen molar-refractivity contribution in [3.05, 3.63) is 146 Å². The van der Waals surface area contributed by atoms with Crippen molar-refractivity contribution in [3.8, 4) is 17.6 Å². The zero-order valence-corrected chi connectivity index (χ0v) is 55.6. The van der Waals surface area contributed by atoms with Crippen molar-refractivity contribution >= 4 is 17.5 Å². The molecule has 2 aromatic rings. The molecule has 0 aromatic heterocycles. The summed E-state index contributed by atoms with van der Waals surface area (Å²) in [7, 11) is 1.97. The fourth-order valence-corrected chi connectivity index (χ4v) is 22.6. The molecule has 0 radical (unpaired) electrons. The van der Waals surface area contributed by atoms with Crippen LogP contribution in [0.15, 0.2) is 124 Å². The van der Waals surface area contributed by atoms with Crippen LogP contribution in [0.2, 0.25) is 0 Å². The summed E-state index contributed by atoms with van der Waals surface area (Å²) in [6, 6.07) is 13.2. The van der Waals surface area contributed by atoms with E-state index in [2.05, 4.69) is 88.0 Å². The molecule has 2 aromatic carbocycles. The summed E-state index contributed by atoms with van der Waals surface area (Å²) in [5.41, 5.74) is 11.0. The number of phenolic OH excluding ortho intramolecular Hbond substituents is 1. The lowest BCUT2D eigenvalue weighted by Crippen LogP contribution is -2.70. The number of Topliss-reactive ketones (excluding diaryl/α,β-unsaturated/α-hetero) is 2. The number of carbonyl (C=O) groups excluding carboxylic acids is 3. The number of aliphatic hydroxyl groups is 2. The quantitative estimate of drug-likeness (QED) is 0.0375. The van der Waals surface area contributed by atoms with Gasteiger partial charge in [0.05, 0.1) is 31.1 Å². The molecule has 0 amide bonds. The number of epoxide rings is 1. The standard InChI is InChI=1S/C80H100N6O8/c1-46(26-27-49-30-33-83-74-57(49)28-29-68(82-3)85-74)54(45-87)42-79-71(90)58-24-11-20-53-40-76(2)31-8-7-14-48-17-9-19-52-41-77-43-63-61(70(65(77)36-59(48)52)93-75(92)80(79,94-79)72(91)69(53)58)38-67(89)78(32-13-22-55(78)21-12-25-66(86-77)50-15-5-4-6-16-50)64(63)37-60(51-18-10-23-56(88)35-51)62-34-47(39-76)44-84-73(62)81/h9-11,18-20,23-24,30,34-35,41,44,48,50,55,59-61,63-68,70,73,82-89H,4-8,13-17,21-22,26-29,31-33,36-40,42-43,45,81H2,1-3H3/b54-46-/t48-,55+,59+,60+,61-,63+,64-,65-,66+,67+,68+,70+,73?,76+,77-,78+,79+,80+/m1/s1. The van der Waals surface area contributed by atoms with Crippen molar-refractivity contribution in [1.82, 2.24) is 26.6 Å². The Morgan fingerprint density at radius 3 is 2.60 bits per heavy atom. The molecule has 13 bridgehead atoms. The molecule has 14 aliphatic rings. The van der Waals surface area contributed by atoms with Gasteiger partial charge in [0, 0.05) is 65.4 Å². The maximum absolute atomic E-state index is 17.1. The average molecular weight is 1270 g/mol. The van der Waals surface area contributed by atoms with Gasteiger partial charge in [0.25, 0.3) is 5.60 Å². The number of benzene rings is 2. The number of hydrogen-bond acceptors (Lipinski definition) is 14. The molecule has 94 heavy (non-hydrogen) atoms. The van der Waals surface area contributed by atoms with E-state index in [1.165, 1.54) is 23.1 Å². The number of esters is 1. The number of nitrogens with two attached hydrogens (primary N) is 1. The van der Waals surface area contributed by atoms with Crippen LogP contribution in [0.25, 0.3) is 0 Å². The van der Waals surface area contributed by atoms with Crippen LogP contribution in [0.3, 0.4) is 0 Å². The predicted octanol–water partition coefficient (Wildman–Crippen LogP) is 11.4. The van der Waals surface area contributed by atoms with Gasteiger partial charge in [0.1, 0.15) is 17.7 Å². The van der Waals surface area contributed by atoms with Crippen LogP contribution in [-0.4, -0.2) is 100 Å². The number of carbonyl (C=O) groups is 3. The highest BCUT2D eigenvalue weighted by Gasteiger charge is 2.86. The molecular formula is C80H100N6O8. The van der Waals surface area contributed by atoms with E-state index in [0.717, 1.165) is 131 Å². The number of hydrogen-bond donors (Lipinski definition) is 9. The number of phenols is 1. The molecule has 1 unspecified atom stereocenters. The molecule has 7 heterocycles. The number of ketones is 2. The Balaban J connectivity index is 0.906. The maximum Gasteiger partial charge on any atom is 0.350 e. The monoisotopic (exact) mass is 1270 g/mol. The van der Waals surface area contributed by atoms with Gasteiger partial charge < -0.3 is 51.8 Å². The molecule has 498 valence electrons. The first-order chi connectivity index (χ1) is 45.6. The molecule has 5 fully saturated rings. The van der Waals surface area contributed by atoms with Gasteiger partial charge in [-0.2, -0.15) is 0 Å². The molecule has 7 aliphatic heterocycles. The zero-order valence-electron chi connectivity index (χ0n) is 55.6. The maximum atomic E-state index is 17.1. The lowest BCUT2D eigenvalue weighted by atomic mass is 9.44. The normalized spacial score (nSPS) is 40.7. The van der Waals surface area contributed by atoms with Gasteiger partial charge in [0.2, 0.25) is 5.78 Å². The van der Waals surface area contributed by atoms with E-state index in [4.69, 9.17) is 15.2 Å². The van der Waals surface area contributed by atoms with E-state index in [-0.39, 0.29) is 83.5 Å². The molecule has 3 spiro atoms. The first-order valence-corrected chi connectivity index (χ1v) is 36.6. The van der Waals surface area contributed by atoms with Crippen molar-refractivity contribution in [1.29, 1.82) is 0 Å². The van der Waals surface area contributed by atoms with E-state index in [9.17, 15) is 15.3 Å². The lowest BCUT2D eigenvalue weighted by molar-refractivity contribution is -0.204. The fourth-order valence-electron chi connectivity index (χ4n) is 22.6. The Morgan fingerprint density at radius 1 is 0.915 bits per heavy atom. The van der Waals surface area contributed by atoms with Crippen LogP contribution >= 0.6 is 0 Å². The molecule has 10 N–H and O–H groups in total. The van der Waals surface area contributed by atoms with E-state index in [1.54, 1.807) is 12.1 Å². The van der Waals surface area contributed by atoms with Gasteiger partial charge in [-0.25, -0.2) is 4.79 Å². The predicted molar refractivity (Wildman–Crippen MR) is 362 cm³/mol. The molecule has 7 aliphatic carbocycles. The minimum absolute atomic E-state index is 0.0996. The summed E-state index contributed by atoms with van der Waals surface area (Å²) in [6.45, 7) is 4.65. The third kappa shape index (κ3) is 10.2. The van der Waals surface area contributed by atoms with Crippen molar-refractivity contribution in [2.75, 3.05) is 20.2 Å². The van der Waals surface area contributed by atoms with E-state index >= 15 is 14.4 Å². The number of aromatic hydroxyl groups is 1. The number of rotatable bonds is 9. The number of fused-ring (bicyclic) bond motifs is 3. The Labute approximate surface area is 556 Å². The van der Waals surface area contributed by atoms with E-state index in [0.29, 0.717) is 74.5 Å². The topological polar surface area (TPSA) is 220 Å². The molecular weight excluding hydrogens is 1170 g/mol. The van der Waals surface area contributed by atoms with Gasteiger partial charge in [-0.05, 0) is 221 Å². The first kappa shape index (κ1) is 62.7. The SMILES string of the molecule is CN[C@@H]1CCC2=C(NCC=C2CC/C(C)=C(\CO)C[C@@]23O[C@@]24C(=O)O[C@H]2[C@@H]5C[C@H](O)[C@@]67CCC[C@@H]6CC#C[C@@H](C6CCCCC6)N[C@]68C=C9C=CC[C@@H](CCCC[C@@](C)(CC%10=CNC(N)C(=C%10)[C@H](c%10cccc(O)c%10)C[C@@H]7[C@H]5C6)Cc5cccc(c5C4=O)C3=O)[C@@H]9C[C@H]28)N1. The van der Waals surface area contributed by atoms with Crippen LogP contribution < -0.4 is 32.3 Å². The summed E-state index contributed by atoms with van der Waals surface area (Å²) in [6.07, 6.45) is 32.6. The Hall–Kier alpha value is -6.05. The van der Waals surface area contributed by atoms with Crippen LogP contribution in [0, 0.1) is 70.0 Å². The number of nitrogens with one attached hydrogen (secondary N) is 5. The van der Waals surface area contributed by atoms with Crippen LogP contribution in [0.5, 0.6) is 5.75 Å². The summed E-state index contributed by atoms with van der Waals surface area (Å²) in [4.78, 5) is 50.3. The Kier molecular flexibility index (Phi) is 16.1. The van der Waals surface area contributed by atoms with Crippen molar-refractivity contribution in [3.63, 3.8) is 0 Å². The minimum Gasteiger partial charge on any atom is -0.508 e. The van der Waals surface area contributed by atoms with E-state index < -0.39 is 63.5 Å². The second-order valence-electron chi connectivity index (χ2n) is 32.2. The summed E-state index contributed by atoms with van der Waals surface area (Å²) < 4.78 is 14.8. The van der Waals surface area contributed by atoms with Gasteiger partial charge >= 0.3 is 5.97 Å². The number of dihydropyridines is 2. The summed E-state index contributed by atoms with van der Waals surface area (Å²) >= 11 is 0. The lowest BCUT2D eigenvalue weighted by Gasteiger charge is -2.64. The molecule has 18 atom stereocenters. The smallest absolute Gasteiger partial charge is 0.350 e. The van der Waals surface area contributed by atoms with Crippen LogP contribution in [-0.2, 0) is 20.7 Å². The van der Waals surface area contributed by atoms with Crippen molar-refractivity contribution < 1.29 is 39.2 Å². The number of allylic oxidation sites excluding steroid dienone is 8. The Bertz CT molecular complexity index is 3730.